The number of fused-ring (bicyclic) bond motifs is 1. The van der Waals surface area contributed by atoms with Crippen LogP contribution in [0.5, 0.6) is 0 Å². The van der Waals surface area contributed by atoms with Crippen LogP contribution in [0.4, 0.5) is 0 Å². The number of nitrogens with one attached hydrogen (secondary N) is 1. The fourth-order valence-corrected chi connectivity index (χ4v) is 4.54. The molecule has 1 heterocycles. The molecule has 2 aromatic carbocycles. The monoisotopic (exact) mass is 346 g/mol. The normalized spacial score (nSPS) is 11.8. The average molecular weight is 346 g/mol. The van der Waals surface area contributed by atoms with Crippen molar-refractivity contribution in [1.82, 2.24) is 9.71 Å². The lowest BCUT2D eigenvalue weighted by Crippen LogP contribution is -2.26. The Bertz CT molecular complexity index is 841. The van der Waals surface area contributed by atoms with Crippen molar-refractivity contribution in [2.45, 2.75) is 18.6 Å². The molecule has 0 radical (unpaired) electrons. The third kappa shape index (κ3) is 4.60. The molecule has 0 amide bonds. The van der Waals surface area contributed by atoms with Crippen LogP contribution in [0.1, 0.15) is 17.0 Å². The average Bonchev–Trinajstić information content (AvgIpc) is 2.95. The van der Waals surface area contributed by atoms with Gasteiger partial charge in [0.1, 0.15) is 0 Å². The highest BCUT2D eigenvalue weighted by atomic mass is 32.2. The molecule has 23 heavy (non-hydrogen) atoms. The molecule has 0 spiro atoms. The highest BCUT2D eigenvalue weighted by Crippen LogP contribution is 2.22. The minimum Gasteiger partial charge on any atom is -0.241 e. The number of aromatic nitrogens is 1. The maximum Gasteiger partial charge on any atom is 0.215 e. The van der Waals surface area contributed by atoms with Crippen LogP contribution in [-0.4, -0.2) is 19.9 Å². The molecule has 0 aliphatic carbocycles. The Balaban J connectivity index is 1.49. The first-order valence-corrected chi connectivity index (χ1v) is 9.95. The maximum absolute atomic E-state index is 12.0. The molecule has 0 unspecified atom stereocenters. The lowest BCUT2D eigenvalue weighted by molar-refractivity contribution is 0.578. The van der Waals surface area contributed by atoms with Gasteiger partial charge in [0.15, 0.2) is 0 Å². The molecule has 0 fully saturated rings. The van der Waals surface area contributed by atoms with Crippen LogP contribution in [0, 0.1) is 0 Å². The highest BCUT2D eigenvalue weighted by Gasteiger charge is 2.10. The molecule has 0 bridgehead atoms. The number of thiazole rings is 1. The summed E-state index contributed by atoms with van der Waals surface area (Å²) in [5.74, 6) is 0.0228. The number of hydrogen-bond donors (Lipinski definition) is 1. The number of aryl methyl sites for hydroxylation is 1. The summed E-state index contributed by atoms with van der Waals surface area (Å²) in [6, 6.07) is 17.2. The van der Waals surface area contributed by atoms with E-state index in [2.05, 4.69) is 15.8 Å². The number of rotatable bonds is 7. The largest absolute Gasteiger partial charge is 0.241 e. The van der Waals surface area contributed by atoms with E-state index < -0.39 is 10.0 Å². The van der Waals surface area contributed by atoms with E-state index in [-0.39, 0.29) is 5.75 Å². The van der Waals surface area contributed by atoms with Crippen molar-refractivity contribution in [3.05, 3.63) is 65.2 Å². The summed E-state index contributed by atoms with van der Waals surface area (Å²) in [6.07, 6.45) is 1.53. The molecule has 120 valence electrons. The van der Waals surface area contributed by atoms with Gasteiger partial charge >= 0.3 is 0 Å². The van der Waals surface area contributed by atoms with E-state index in [1.165, 1.54) is 4.70 Å². The van der Waals surface area contributed by atoms with E-state index in [0.717, 1.165) is 28.9 Å². The summed E-state index contributed by atoms with van der Waals surface area (Å²) >= 11 is 1.67. The molecular formula is C17H18N2O2S2. The van der Waals surface area contributed by atoms with Crippen molar-refractivity contribution in [1.29, 1.82) is 0 Å². The Morgan fingerprint density at radius 1 is 1.00 bits per heavy atom. The van der Waals surface area contributed by atoms with Crippen LogP contribution in [0.25, 0.3) is 10.2 Å². The number of para-hydroxylation sites is 1. The number of nitrogens with zero attached hydrogens (tertiary/aromatic N) is 1. The molecule has 1 N–H and O–H groups in total. The van der Waals surface area contributed by atoms with Crippen molar-refractivity contribution < 1.29 is 8.42 Å². The summed E-state index contributed by atoms with van der Waals surface area (Å²) in [6.45, 7) is 0.436. The first-order valence-electron chi connectivity index (χ1n) is 7.48. The van der Waals surface area contributed by atoms with Gasteiger partial charge in [0.25, 0.3) is 0 Å². The smallest absolute Gasteiger partial charge is 0.215 e. The first kappa shape index (κ1) is 16.1. The summed E-state index contributed by atoms with van der Waals surface area (Å²) in [4.78, 5) is 4.56. The van der Waals surface area contributed by atoms with Gasteiger partial charge in [-0.3, -0.25) is 0 Å². The van der Waals surface area contributed by atoms with Gasteiger partial charge in [0.2, 0.25) is 10.0 Å². The molecule has 0 aliphatic heterocycles. The topological polar surface area (TPSA) is 59.1 Å². The van der Waals surface area contributed by atoms with E-state index in [9.17, 15) is 8.42 Å². The fourth-order valence-electron chi connectivity index (χ4n) is 2.34. The molecule has 3 rings (SSSR count). The van der Waals surface area contributed by atoms with Gasteiger partial charge in [-0.05, 0) is 24.1 Å². The second kappa shape index (κ2) is 7.21. The zero-order valence-electron chi connectivity index (χ0n) is 12.6. The molecule has 0 saturated carbocycles. The zero-order valence-corrected chi connectivity index (χ0v) is 14.2. The maximum atomic E-state index is 12.0. The first-order chi connectivity index (χ1) is 11.1. The molecule has 1 aromatic heterocycles. The van der Waals surface area contributed by atoms with Gasteiger partial charge in [0.05, 0.1) is 21.0 Å². The van der Waals surface area contributed by atoms with Gasteiger partial charge in [-0.15, -0.1) is 11.3 Å². The van der Waals surface area contributed by atoms with E-state index in [4.69, 9.17) is 0 Å². The Kier molecular flexibility index (Phi) is 5.05. The molecule has 0 saturated heterocycles. The molecule has 3 aromatic rings. The zero-order chi connectivity index (χ0) is 16.1. The molecule has 0 aliphatic rings. The van der Waals surface area contributed by atoms with Crippen LogP contribution in [0.3, 0.4) is 0 Å². The standard InChI is InChI=1S/C17H18N2O2S2/c20-23(21,13-14-7-2-1-3-8-14)18-12-6-11-17-19-15-9-4-5-10-16(15)22-17/h1-5,7-10,18H,6,11-13H2. The molecule has 6 heteroatoms. The minimum absolute atomic E-state index is 0.0228. The van der Waals surface area contributed by atoms with E-state index >= 15 is 0 Å². The van der Waals surface area contributed by atoms with Crippen LogP contribution in [-0.2, 0) is 22.2 Å². The second-order valence-electron chi connectivity index (χ2n) is 5.32. The van der Waals surface area contributed by atoms with Crippen molar-refractivity contribution in [2.24, 2.45) is 0 Å². The minimum atomic E-state index is -3.28. The van der Waals surface area contributed by atoms with Crippen molar-refractivity contribution >= 4 is 31.6 Å². The lowest BCUT2D eigenvalue weighted by atomic mass is 10.2. The van der Waals surface area contributed by atoms with Crippen LogP contribution in [0.2, 0.25) is 0 Å². The third-order valence-electron chi connectivity index (χ3n) is 3.43. The summed E-state index contributed by atoms with van der Waals surface area (Å²) < 4.78 is 27.9. The predicted octanol–water partition coefficient (Wildman–Crippen LogP) is 3.35. The van der Waals surface area contributed by atoms with Crippen LogP contribution in [0.15, 0.2) is 54.6 Å². The summed E-state index contributed by atoms with van der Waals surface area (Å²) in [5, 5.41) is 1.05. The molecule has 4 nitrogen and oxygen atoms in total. The summed E-state index contributed by atoms with van der Waals surface area (Å²) in [5.41, 5.74) is 1.81. The van der Waals surface area contributed by atoms with Gasteiger partial charge in [0, 0.05) is 13.0 Å². The Morgan fingerprint density at radius 2 is 1.74 bits per heavy atom. The van der Waals surface area contributed by atoms with Crippen molar-refractivity contribution in [3.8, 4) is 0 Å². The fraction of sp³-hybridized carbons (Fsp3) is 0.235. The number of sulfonamides is 1. The van der Waals surface area contributed by atoms with Crippen LogP contribution >= 0.6 is 11.3 Å². The lowest BCUT2D eigenvalue weighted by Gasteiger charge is -2.06. The van der Waals surface area contributed by atoms with Gasteiger partial charge < -0.3 is 0 Å². The van der Waals surface area contributed by atoms with Crippen LogP contribution < -0.4 is 4.72 Å². The van der Waals surface area contributed by atoms with E-state index in [1.54, 1.807) is 11.3 Å². The Hall–Kier alpha value is -1.76. The quantitative estimate of drug-likeness (QED) is 0.668. The van der Waals surface area contributed by atoms with E-state index in [1.807, 2.05) is 48.5 Å². The van der Waals surface area contributed by atoms with E-state index in [0.29, 0.717) is 6.54 Å². The Morgan fingerprint density at radius 3 is 2.52 bits per heavy atom. The molecule has 0 atom stereocenters. The third-order valence-corrected chi connectivity index (χ3v) is 5.88. The van der Waals surface area contributed by atoms with Gasteiger partial charge in [-0.2, -0.15) is 0 Å². The highest BCUT2D eigenvalue weighted by molar-refractivity contribution is 7.88. The van der Waals surface area contributed by atoms with Gasteiger partial charge in [-0.1, -0.05) is 42.5 Å². The molecular weight excluding hydrogens is 328 g/mol. The second-order valence-corrected chi connectivity index (χ2v) is 8.24. The van der Waals surface area contributed by atoms with Crippen molar-refractivity contribution in [3.63, 3.8) is 0 Å². The number of hydrogen-bond acceptors (Lipinski definition) is 4. The van der Waals surface area contributed by atoms with Crippen molar-refractivity contribution in [2.75, 3.05) is 6.54 Å². The number of benzene rings is 2. The summed E-state index contributed by atoms with van der Waals surface area (Å²) in [7, 11) is -3.28. The Labute approximate surface area is 140 Å². The van der Waals surface area contributed by atoms with Gasteiger partial charge in [-0.25, -0.2) is 18.1 Å². The predicted molar refractivity (Wildman–Crippen MR) is 95.0 cm³/mol. The SMILES string of the molecule is O=S(=O)(Cc1ccccc1)NCCCc1nc2ccccc2s1.